The van der Waals surface area contributed by atoms with Crippen LogP contribution in [0.15, 0.2) is 30.6 Å². The molecule has 6 heteroatoms. The van der Waals surface area contributed by atoms with Gasteiger partial charge in [0.1, 0.15) is 5.75 Å². The first-order chi connectivity index (χ1) is 9.13. The van der Waals surface area contributed by atoms with Gasteiger partial charge in [-0.2, -0.15) is 5.10 Å². The van der Waals surface area contributed by atoms with Crippen LogP contribution in [-0.2, 0) is 18.4 Å². The van der Waals surface area contributed by atoms with E-state index in [0.29, 0.717) is 23.7 Å². The van der Waals surface area contributed by atoms with Gasteiger partial charge < -0.3 is 15.4 Å². The molecule has 0 saturated carbocycles. The number of hydrogen-bond acceptors (Lipinski definition) is 4. The maximum Gasteiger partial charge on any atom is 0.265 e. The molecule has 6 nitrogen and oxygen atoms in total. The van der Waals surface area contributed by atoms with Crippen LogP contribution in [0.5, 0.6) is 5.75 Å². The maximum atomic E-state index is 12.0. The van der Waals surface area contributed by atoms with E-state index in [1.165, 1.54) is 0 Å². The van der Waals surface area contributed by atoms with Crippen molar-refractivity contribution in [2.45, 2.75) is 6.54 Å². The lowest BCUT2D eigenvalue weighted by Gasteiger charge is -2.29. The first kappa shape index (κ1) is 11.6. The average Bonchev–Trinajstić information content (AvgIpc) is 2.79. The zero-order valence-electron chi connectivity index (χ0n) is 10.5. The molecule has 1 aromatic carbocycles. The Morgan fingerprint density at radius 2 is 2.32 bits per heavy atom. The van der Waals surface area contributed by atoms with Gasteiger partial charge in [0, 0.05) is 24.5 Å². The molecule has 2 heterocycles. The molecule has 19 heavy (non-hydrogen) atoms. The second-order valence-electron chi connectivity index (χ2n) is 4.52. The molecule has 2 aromatic rings. The summed E-state index contributed by atoms with van der Waals surface area (Å²) in [5.41, 5.74) is 8.05. The first-order valence-electron chi connectivity index (χ1n) is 5.94. The maximum absolute atomic E-state index is 12.0. The molecule has 0 fully saturated rings. The van der Waals surface area contributed by atoms with E-state index in [2.05, 4.69) is 5.10 Å². The summed E-state index contributed by atoms with van der Waals surface area (Å²) in [5, 5.41) is 4.10. The summed E-state index contributed by atoms with van der Waals surface area (Å²) in [4.78, 5) is 13.7. The van der Waals surface area contributed by atoms with Crippen molar-refractivity contribution in [2.75, 3.05) is 17.2 Å². The number of benzene rings is 1. The van der Waals surface area contributed by atoms with Crippen LogP contribution in [0.2, 0.25) is 0 Å². The molecule has 0 spiro atoms. The van der Waals surface area contributed by atoms with Gasteiger partial charge in [-0.3, -0.25) is 9.48 Å². The zero-order chi connectivity index (χ0) is 13.4. The SMILES string of the molecule is Cn1cc(CN2C(=O)COc3ccc(N)cc32)cn1. The fourth-order valence-corrected chi connectivity index (χ4v) is 2.13. The molecule has 1 aliphatic rings. The molecule has 98 valence electrons. The minimum Gasteiger partial charge on any atom is -0.482 e. The lowest BCUT2D eigenvalue weighted by atomic mass is 10.2. The number of rotatable bonds is 2. The Morgan fingerprint density at radius 3 is 3.05 bits per heavy atom. The number of anilines is 2. The topological polar surface area (TPSA) is 73.4 Å². The van der Waals surface area contributed by atoms with Crippen LogP contribution in [-0.4, -0.2) is 22.3 Å². The molecule has 0 unspecified atom stereocenters. The molecule has 1 amide bonds. The van der Waals surface area contributed by atoms with Gasteiger partial charge in [-0.25, -0.2) is 0 Å². The third-order valence-electron chi connectivity index (χ3n) is 3.03. The van der Waals surface area contributed by atoms with Crippen molar-refractivity contribution in [1.29, 1.82) is 0 Å². The van der Waals surface area contributed by atoms with Gasteiger partial charge in [-0.05, 0) is 18.2 Å². The number of hydrogen-bond donors (Lipinski definition) is 1. The minimum atomic E-state index is -0.0815. The number of fused-ring (bicyclic) bond motifs is 1. The van der Waals surface area contributed by atoms with Crippen LogP contribution in [0.4, 0.5) is 11.4 Å². The van der Waals surface area contributed by atoms with Crippen molar-refractivity contribution in [3.8, 4) is 5.75 Å². The number of carbonyl (C=O) groups excluding carboxylic acids is 1. The van der Waals surface area contributed by atoms with E-state index in [9.17, 15) is 4.79 Å². The summed E-state index contributed by atoms with van der Waals surface area (Å²) in [6.07, 6.45) is 3.63. The molecule has 2 N–H and O–H groups in total. The van der Waals surface area contributed by atoms with Crippen LogP contribution < -0.4 is 15.4 Å². The molecule has 0 aliphatic carbocycles. The third-order valence-corrected chi connectivity index (χ3v) is 3.03. The summed E-state index contributed by atoms with van der Waals surface area (Å²) in [5.74, 6) is 0.597. The number of nitrogens with zero attached hydrogens (tertiary/aromatic N) is 3. The summed E-state index contributed by atoms with van der Waals surface area (Å²) in [7, 11) is 1.84. The van der Waals surface area contributed by atoms with Crippen molar-refractivity contribution in [1.82, 2.24) is 9.78 Å². The van der Waals surface area contributed by atoms with Crippen LogP contribution in [0, 0.1) is 0 Å². The molecular weight excluding hydrogens is 244 g/mol. The molecule has 0 atom stereocenters. The van der Waals surface area contributed by atoms with E-state index >= 15 is 0 Å². The fourth-order valence-electron chi connectivity index (χ4n) is 2.13. The first-order valence-corrected chi connectivity index (χ1v) is 5.94. The van der Waals surface area contributed by atoms with Gasteiger partial charge in [0.15, 0.2) is 6.61 Å². The van der Waals surface area contributed by atoms with Crippen molar-refractivity contribution >= 4 is 17.3 Å². The number of carbonyl (C=O) groups is 1. The van der Waals surface area contributed by atoms with Crippen molar-refractivity contribution < 1.29 is 9.53 Å². The number of nitrogen functional groups attached to an aromatic ring is 1. The normalized spacial score (nSPS) is 14.2. The molecule has 0 saturated heterocycles. The number of ether oxygens (including phenoxy) is 1. The largest absolute Gasteiger partial charge is 0.482 e. The van der Waals surface area contributed by atoms with Gasteiger partial charge in [0.2, 0.25) is 0 Å². The van der Waals surface area contributed by atoms with Crippen LogP contribution in [0.1, 0.15) is 5.56 Å². The lowest BCUT2D eigenvalue weighted by Crippen LogP contribution is -2.38. The average molecular weight is 258 g/mol. The Balaban J connectivity index is 1.96. The smallest absolute Gasteiger partial charge is 0.265 e. The number of aromatic nitrogens is 2. The summed E-state index contributed by atoms with van der Waals surface area (Å²) in [6.45, 7) is 0.518. The second-order valence-corrected chi connectivity index (χ2v) is 4.52. The summed E-state index contributed by atoms with van der Waals surface area (Å²) < 4.78 is 7.11. The highest BCUT2D eigenvalue weighted by atomic mass is 16.5. The fraction of sp³-hybridized carbons (Fsp3) is 0.231. The lowest BCUT2D eigenvalue weighted by molar-refractivity contribution is -0.121. The van der Waals surface area contributed by atoms with Crippen LogP contribution >= 0.6 is 0 Å². The van der Waals surface area contributed by atoms with Crippen LogP contribution in [0.25, 0.3) is 0 Å². The van der Waals surface area contributed by atoms with E-state index in [1.54, 1.807) is 34.0 Å². The number of amides is 1. The van der Waals surface area contributed by atoms with Crippen molar-refractivity contribution in [2.24, 2.45) is 7.05 Å². The highest BCUT2D eigenvalue weighted by Crippen LogP contribution is 2.34. The predicted octanol–water partition coefficient (Wildman–Crippen LogP) is 0.928. The van der Waals surface area contributed by atoms with Gasteiger partial charge in [-0.1, -0.05) is 0 Å². The van der Waals surface area contributed by atoms with E-state index in [0.717, 1.165) is 5.56 Å². The van der Waals surface area contributed by atoms with Crippen LogP contribution in [0.3, 0.4) is 0 Å². The number of aryl methyl sites for hydroxylation is 1. The third kappa shape index (κ3) is 2.12. The summed E-state index contributed by atoms with van der Waals surface area (Å²) >= 11 is 0. The highest BCUT2D eigenvalue weighted by molar-refractivity contribution is 5.98. The Kier molecular flexibility index (Phi) is 2.63. The van der Waals surface area contributed by atoms with Gasteiger partial charge in [0.25, 0.3) is 5.91 Å². The van der Waals surface area contributed by atoms with Gasteiger partial charge in [-0.15, -0.1) is 0 Å². The number of nitrogens with two attached hydrogens (primary N) is 1. The van der Waals surface area contributed by atoms with E-state index in [1.807, 2.05) is 13.2 Å². The standard InChI is InChI=1S/C13H14N4O2/c1-16-6-9(5-15-16)7-17-11-4-10(14)2-3-12(11)19-8-13(17)18/h2-6H,7-8,14H2,1H3. The quantitative estimate of drug-likeness (QED) is 0.813. The van der Waals surface area contributed by atoms with E-state index in [-0.39, 0.29) is 12.5 Å². The van der Waals surface area contributed by atoms with Crippen molar-refractivity contribution in [3.63, 3.8) is 0 Å². The molecular formula is C13H14N4O2. The molecule has 0 bridgehead atoms. The molecule has 1 aromatic heterocycles. The van der Waals surface area contributed by atoms with Gasteiger partial charge >= 0.3 is 0 Å². The minimum absolute atomic E-state index is 0.0528. The summed E-state index contributed by atoms with van der Waals surface area (Å²) in [6, 6.07) is 5.30. The van der Waals surface area contributed by atoms with E-state index < -0.39 is 0 Å². The Morgan fingerprint density at radius 1 is 1.47 bits per heavy atom. The molecule has 1 aliphatic heterocycles. The van der Waals surface area contributed by atoms with Gasteiger partial charge in [0.05, 0.1) is 18.4 Å². The van der Waals surface area contributed by atoms with E-state index in [4.69, 9.17) is 10.5 Å². The molecule has 3 rings (SSSR count). The molecule has 0 radical (unpaired) electrons. The highest BCUT2D eigenvalue weighted by Gasteiger charge is 2.26. The second kappa shape index (κ2) is 4.31. The predicted molar refractivity (Wildman–Crippen MR) is 70.7 cm³/mol. The zero-order valence-corrected chi connectivity index (χ0v) is 10.5. The Labute approximate surface area is 110 Å². The Bertz CT molecular complexity index is 635. The van der Waals surface area contributed by atoms with Crippen molar-refractivity contribution in [3.05, 3.63) is 36.2 Å². The Hall–Kier alpha value is -2.50. The monoisotopic (exact) mass is 258 g/mol.